The largest absolute Gasteiger partial charge is 0.391 e. The first kappa shape index (κ1) is 15.8. The second kappa shape index (κ2) is 6.93. The molecule has 112 valence electrons. The van der Waals surface area contributed by atoms with Crippen molar-refractivity contribution in [2.45, 2.75) is 57.6 Å². The van der Waals surface area contributed by atoms with Crippen molar-refractivity contribution in [1.29, 1.82) is 0 Å². The normalized spacial score (nSPS) is 19.4. The molecule has 1 saturated carbocycles. The molecule has 0 spiro atoms. The molecule has 1 aromatic rings. The van der Waals surface area contributed by atoms with E-state index in [0.717, 1.165) is 36.5 Å². The second-order valence-electron chi connectivity index (χ2n) is 5.79. The summed E-state index contributed by atoms with van der Waals surface area (Å²) in [4.78, 5) is 2.45. The second-order valence-corrected chi connectivity index (χ2v) is 6.20. The van der Waals surface area contributed by atoms with E-state index in [1.807, 2.05) is 24.3 Å². The predicted molar refractivity (Wildman–Crippen MR) is 85.3 cm³/mol. The summed E-state index contributed by atoms with van der Waals surface area (Å²) in [6.45, 7) is 6.36. The fraction of sp³-hybridized carbons (Fsp3) is 0.647. The van der Waals surface area contributed by atoms with E-state index >= 15 is 0 Å². The fourth-order valence-electron chi connectivity index (χ4n) is 3.76. The first-order valence-corrected chi connectivity index (χ1v) is 8.18. The minimum atomic E-state index is -0.343. The standard InChI is InChI=1S/C17H26ClNO/c1-3-19(4-2)17(11-7-8-12-17)16(20)13-14-9-5-6-10-15(14)18/h5-6,9-10,16,20H,3-4,7-8,11-13H2,1-2H3. The van der Waals surface area contributed by atoms with Crippen LogP contribution in [0.4, 0.5) is 0 Å². The molecule has 1 fully saturated rings. The van der Waals surface area contributed by atoms with Crippen LogP contribution in [0.1, 0.15) is 45.1 Å². The molecule has 20 heavy (non-hydrogen) atoms. The van der Waals surface area contributed by atoms with Crippen molar-refractivity contribution in [2.24, 2.45) is 0 Å². The van der Waals surface area contributed by atoms with Gasteiger partial charge in [-0.3, -0.25) is 4.90 Å². The van der Waals surface area contributed by atoms with Crippen molar-refractivity contribution in [1.82, 2.24) is 4.90 Å². The smallest absolute Gasteiger partial charge is 0.0764 e. The Morgan fingerprint density at radius 1 is 1.20 bits per heavy atom. The van der Waals surface area contributed by atoms with Gasteiger partial charge in [0.15, 0.2) is 0 Å². The number of benzene rings is 1. The van der Waals surface area contributed by atoms with Crippen LogP contribution < -0.4 is 0 Å². The van der Waals surface area contributed by atoms with E-state index in [2.05, 4.69) is 18.7 Å². The number of halogens is 1. The Morgan fingerprint density at radius 2 is 1.80 bits per heavy atom. The molecule has 2 rings (SSSR count). The van der Waals surface area contributed by atoms with E-state index in [9.17, 15) is 5.11 Å². The molecule has 0 radical (unpaired) electrons. The van der Waals surface area contributed by atoms with E-state index in [-0.39, 0.29) is 11.6 Å². The number of nitrogens with zero attached hydrogens (tertiary/aromatic N) is 1. The lowest BCUT2D eigenvalue weighted by atomic mass is 9.84. The van der Waals surface area contributed by atoms with Gasteiger partial charge in [-0.1, -0.05) is 56.5 Å². The van der Waals surface area contributed by atoms with Crippen molar-refractivity contribution < 1.29 is 5.11 Å². The van der Waals surface area contributed by atoms with Crippen LogP contribution in [0.2, 0.25) is 5.02 Å². The maximum atomic E-state index is 10.9. The SMILES string of the molecule is CCN(CC)C1(C(O)Cc2ccccc2Cl)CCCC1. The average molecular weight is 296 g/mol. The number of rotatable bonds is 6. The molecule has 0 heterocycles. The van der Waals surface area contributed by atoms with Gasteiger partial charge >= 0.3 is 0 Å². The van der Waals surface area contributed by atoms with Gasteiger partial charge in [-0.25, -0.2) is 0 Å². The molecule has 1 unspecified atom stereocenters. The molecular weight excluding hydrogens is 270 g/mol. The van der Waals surface area contributed by atoms with Gasteiger partial charge in [-0.15, -0.1) is 0 Å². The summed E-state index contributed by atoms with van der Waals surface area (Å²) in [5.41, 5.74) is 1.00. The molecule has 2 nitrogen and oxygen atoms in total. The lowest BCUT2D eigenvalue weighted by molar-refractivity contribution is -0.0244. The molecule has 0 bridgehead atoms. The highest BCUT2D eigenvalue weighted by molar-refractivity contribution is 6.31. The van der Waals surface area contributed by atoms with E-state index in [4.69, 9.17) is 11.6 Å². The highest BCUT2D eigenvalue weighted by Gasteiger charge is 2.44. The van der Waals surface area contributed by atoms with Gasteiger partial charge in [-0.2, -0.15) is 0 Å². The maximum absolute atomic E-state index is 10.9. The van der Waals surface area contributed by atoms with Crippen molar-refractivity contribution in [3.63, 3.8) is 0 Å². The van der Waals surface area contributed by atoms with Crippen LogP contribution in [-0.4, -0.2) is 34.7 Å². The summed E-state index contributed by atoms with van der Waals surface area (Å²) in [5, 5.41) is 11.7. The third-order valence-corrected chi connectivity index (χ3v) is 5.22. The number of likely N-dealkylation sites (N-methyl/N-ethyl adjacent to an activating group) is 1. The van der Waals surface area contributed by atoms with Crippen LogP contribution in [0.25, 0.3) is 0 Å². The Balaban J connectivity index is 2.19. The van der Waals surface area contributed by atoms with Crippen molar-refractivity contribution in [3.8, 4) is 0 Å². The first-order valence-electron chi connectivity index (χ1n) is 7.80. The Morgan fingerprint density at radius 3 is 2.35 bits per heavy atom. The molecule has 1 atom stereocenters. The molecule has 1 aliphatic rings. The molecule has 0 saturated heterocycles. The van der Waals surface area contributed by atoms with Gasteiger partial charge in [0.25, 0.3) is 0 Å². The van der Waals surface area contributed by atoms with Gasteiger partial charge in [0.1, 0.15) is 0 Å². The summed E-state index contributed by atoms with van der Waals surface area (Å²) in [6, 6.07) is 7.86. The molecule has 0 aromatic heterocycles. The van der Waals surface area contributed by atoms with Crippen molar-refractivity contribution >= 4 is 11.6 Å². The molecule has 1 aromatic carbocycles. The third-order valence-electron chi connectivity index (χ3n) is 4.85. The molecule has 0 aliphatic heterocycles. The van der Waals surface area contributed by atoms with Crippen molar-refractivity contribution in [3.05, 3.63) is 34.9 Å². The van der Waals surface area contributed by atoms with Crippen LogP contribution in [0, 0.1) is 0 Å². The fourth-order valence-corrected chi connectivity index (χ4v) is 3.98. The topological polar surface area (TPSA) is 23.5 Å². The van der Waals surface area contributed by atoms with Crippen LogP contribution in [0.5, 0.6) is 0 Å². The summed E-state index contributed by atoms with van der Waals surface area (Å²) in [7, 11) is 0. The van der Waals surface area contributed by atoms with Gasteiger partial charge in [0, 0.05) is 17.0 Å². The number of aliphatic hydroxyl groups is 1. The zero-order chi connectivity index (χ0) is 14.6. The minimum absolute atomic E-state index is 0.0529. The lowest BCUT2D eigenvalue weighted by Crippen LogP contribution is -2.55. The van der Waals surface area contributed by atoms with E-state index in [1.165, 1.54) is 12.8 Å². The van der Waals surface area contributed by atoms with Gasteiger partial charge in [0.05, 0.1) is 6.10 Å². The van der Waals surface area contributed by atoms with Gasteiger partial charge in [-0.05, 0) is 37.6 Å². The highest BCUT2D eigenvalue weighted by atomic mass is 35.5. The number of aliphatic hydroxyl groups excluding tert-OH is 1. The Hall–Kier alpha value is -0.570. The van der Waals surface area contributed by atoms with Gasteiger partial charge in [0.2, 0.25) is 0 Å². The minimum Gasteiger partial charge on any atom is -0.391 e. The molecule has 1 N–H and O–H groups in total. The van der Waals surface area contributed by atoms with E-state index in [1.54, 1.807) is 0 Å². The van der Waals surface area contributed by atoms with Crippen molar-refractivity contribution in [2.75, 3.05) is 13.1 Å². The van der Waals surface area contributed by atoms with E-state index in [0.29, 0.717) is 6.42 Å². The van der Waals surface area contributed by atoms with E-state index < -0.39 is 0 Å². The van der Waals surface area contributed by atoms with Crippen LogP contribution in [0.3, 0.4) is 0 Å². The summed E-state index contributed by atoms with van der Waals surface area (Å²) in [6.07, 6.45) is 4.94. The Labute approximate surface area is 127 Å². The van der Waals surface area contributed by atoms with Crippen LogP contribution >= 0.6 is 11.6 Å². The molecule has 0 amide bonds. The number of hydrogen-bond acceptors (Lipinski definition) is 2. The zero-order valence-electron chi connectivity index (χ0n) is 12.6. The maximum Gasteiger partial charge on any atom is 0.0764 e. The Kier molecular flexibility index (Phi) is 5.48. The molecule has 1 aliphatic carbocycles. The summed E-state index contributed by atoms with van der Waals surface area (Å²) < 4.78 is 0. The molecule has 3 heteroatoms. The highest BCUT2D eigenvalue weighted by Crippen LogP contribution is 2.39. The summed E-state index contributed by atoms with van der Waals surface area (Å²) in [5.74, 6) is 0. The first-order chi connectivity index (χ1) is 9.64. The van der Waals surface area contributed by atoms with Gasteiger partial charge < -0.3 is 5.11 Å². The molecular formula is C17H26ClNO. The lowest BCUT2D eigenvalue weighted by Gasteiger charge is -2.44. The monoisotopic (exact) mass is 295 g/mol. The Bertz CT molecular complexity index is 425. The summed E-state index contributed by atoms with van der Waals surface area (Å²) >= 11 is 6.24. The quantitative estimate of drug-likeness (QED) is 0.860. The zero-order valence-corrected chi connectivity index (χ0v) is 13.4. The van der Waals surface area contributed by atoms with Crippen LogP contribution in [0.15, 0.2) is 24.3 Å². The predicted octanol–water partition coefficient (Wildman–Crippen LogP) is 3.90. The average Bonchev–Trinajstić information content (AvgIpc) is 2.93. The van der Waals surface area contributed by atoms with Crippen LogP contribution in [-0.2, 0) is 6.42 Å². The third kappa shape index (κ3) is 3.03. The number of hydrogen-bond donors (Lipinski definition) is 1.